The molecule has 0 fully saturated rings. The van der Waals surface area contributed by atoms with Gasteiger partial charge in [-0.3, -0.25) is 9.69 Å². The summed E-state index contributed by atoms with van der Waals surface area (Å²) in [5.74, 6) is -0.400. The molecule has 1 aromatic carbocycles. The average molecular weight is 295 g/mol. The molecule has 0 atom stereocenters. The zero-order valence-electron chi connectivity index (χ0n) is 12.8. The molecular formula is C15H21NO5. The SMILES string of the molecule is COc1cccc(N(CCC(=O)O)C(=O)OC(C)(C)C)c1. The summed E-state index contributed by atoms with van der Waals surface area (Å²) in [4.78, 5) is 24.3. The van der Waals surface area contributed by atoms with Gasteiger partial charge in [-0.15, -0.1) is 0 Å². The number of carboxylic acids is 1. The second kappa shape index (κ2) is 6.97. The first kappa shape index (κ1) is 16.8. The van der Waals surface area contributed by atoms with E-state index in [9.17, 15) is 9.59 Å². The van der Waals surface area contributed by atoms with Gasteiger partial charge in [-0.25, -0.2) is 4.79 Å². The predicted molar refractivity (Wildman–Crippen MR) is 78.8 cm³/mol. The third-order valence-corrected chi connectivity index (χ3v) is 2.53. The fraction of sp³-hybridized carbons (Fsp3) is 0.467. The molecule has 1 amide bonds. The van der Waals surface area contributed by atoms with Gasteiger partial charge in [0.1, 0.15) is 11.4 Å². The molecule has 0 bridgehead atoms. The van der Waals surface area contributed by atoms with Crippen LogP contribution in [0.5, 0.6) is 5.75 Å². The highest BCUT2D eigenvalue weighted by molar-refractivity contribution is 5.88. The van der Waals surface area contributed by atoms with E-state index in [1.807, 2.05) is 0 Å². The minimum atomic E-state index is -0.980. The maximum absolute atomic E-state index is 12.2. The van der Waals surface area contributed by atoms with Crippen molar-refractivity contribution >= 4 is 17.7 Å². The van der Waals surface area contributed by atoms with Crippen LogP contribution < -0.4 is 9.64 Å². The monoisotopic (exact) mass is 295 g/mol. The van der Waals surface area contributed by atoms with Crippen molar-refractivity contribution in [3.05, 3.63) is 24.3 Å². The van der Waals surface area contributed by atoms with E-state index in [4.69, 9.17) is 14.6 Å². The number of nitrogens with zero attached hydrogens (tertiary/aromatic N) is 1. The number of benzene rings is 1. The molecule has 0 aromatic heterocycles. The highest BCUT2D eigenvalue weighted by Gasteiger charge is 2.24. The topological polar surface area (TPSA) is 76.1 Å². The summed E-state index contributed by atoms with van der Waals surface area (Å²) in [6.45, 7) is 5.29. The van der Waals surface area contributed by atoms with E-state index >= 15 is 0 Å². The number of aliphatic carboxylic acids is 1. The van der Waals surface area contributed by atoms with Crippen molar-refractivity contribution in [3.63, 3.8) is 0 Å². The van der Waals surface area contributed by atoms with E-state index in [2.05, 4.69) is 0 Å². The van der Waals surface area contributed by atoms with Gasteiger partial charge in [0.05, 0.1) is 19.2 Å². The van der Waals surface area contributed by atoms with Gasteiger partial charge < -0.3 is 14.6 Å². The Morgan fingerprint density at radius 2 is 1.95 bits per heavy atom. The lowest BCUT2D eigenvalue weighted by Crippen LogP contribution is -2.38. The lowest BCUT2D eigenvalue weighted by molar-refractivity contribution is -0.136. The van der Waals surface area contributed by atoms with E-state index in [1.165, 1.54) is 12.0 Å². The molecule has 0 saturated heterocycles. The Balaban J connectivity index is 3.00. The molecule has 1 N–H and O–H groups in total. The van der Waals surface area contributed by atoms with Crippen LogP contribution in [0.1, 0.15) is 27.2 Å². The molecule has 6 heteroatoms. The smallest absolute Gasteiger partial charge is 0.414 e. The summed E-state index contributed by atoms with van der Waals surface area (Å²) in [7, 11) is 1.52. The number of ether oxygens (including phenoxy) is 2. The molecule has 0 saturated carbocycles. The van der Waals surface area contributed by atoms with Crippen LogP contribution in [0.4, 0.5) is 10.5 Å². The van der Waals surface area contributed by atoms with Gasteiger partial charge in [-0.2, -0.15) is 0 Å². The standard InChI is InChI=1S/C15H21NO5/c1-15(2,3)21-14(19)16(9-8-13(17)18)11-6-5-7-12(10-11)20-4/h5-7,10H,8-9H2,1-4H3,(H,17,18). The molecule has 21 heavy (non-hydrogen) atoms. The summed E-state index contributed by atoms with van der Waals surface area (Å²) in [6.07, 6.45) is -0.756. The van der Waals surface area contributed by atoms with Crippen LogP contribution in [0.15, 0.2) is 24.3 Å². The maximum Gasteiger partial charge on any atom is 0.414 e. The van der Waals surface area contributed by atoms with Gasteiger partial charge in [0.25, 0.3) is 0 Å². The molecule has 0 aliphatic carbocycles. The van der Waals surface area contributed by atoms with Crippen LogP contribution in [0.3, 0.4) is 0 Å². The number of hydrogen-bond donors (Lipinski definition) is 1. The van der Waals surface area contributed by atoms with Crippen molar-refractivity contribution in [1.82, 2.24) is 0 Å². The Morgan fingerprint density at radius 3 is 2.48 bits per heavy atom. The van der Waals surface area contributed by atoms with Gasteiger partial charge in [0.15, 0.2) is 0 Å². The Labute approximate surface area is 124 Å². The third kappa shape index (κ3) is 5.72. The van der Waals surface area contributed by atoms with Gasteiger partial charge in [-0.05, 0) is 32.9 Å². The van der Waals surface area contributed by atoms with Gasteiger partial charge in [-0.1, -0.05) is 6.07 Å². The molecule has 1 aromatic rings. The summed E-state index contributed by atoms with van der Waals surface area (Å²) < 4.78 is 10.4. The fourth-order valence-corrected chi connectivity index (χ4v) is 1.63. The van der Waals surface area contributed by atoms with Crippen molar-refractivity contribution in [2.24, 2.45) is 0 Å². The molecule has 116 valence electrons. The number of anilines is 1. The van der Waals surface area contributed by atoms with Gasteiger partial charge in [0.2, 0.25) is 0 Å². The van der Waals surface area contributed by atoms with Crippen molar-refractivity contribution < 1.29 is 24.2 Å². The van der Waals surface area contributed by atoms with Crippen molar-refractivity contribution in [3.8, 4) is 5.75 Å². The van der Waals surface area contributed by atoms with Crippen LogP contribution in [0, 0.1) is 0 Å². The third-order valence-electron chi connectivity index (χ3n) is 2.53. The second-order valence-corrected chi connectivity index (χ2v) is 5.48. The lowest BCUT2D eigenvalue weighted by Gasteiger charge is -2.27. The molecular weight excluding hydrogens is 274 g/mol. The number of carbonyl (C=O) groups excluding carboxylic acids is 1. The van der Waals surface area contributed by atoms with E-state index < -0.39 is 17.7 Å². The normalized spacial score (nSPS) is 10.9. The molecule has 1 rings (SSSR count). The van der Waals surface area contributed by atoms with Crippen LogP contribution in [0.2, 0.25) is 0 Å². The molecule has 0 unspecified atom stereocenters. The Kier molecular flexibility index (Phi) is 5.58. The summed E-state index contributed by atoms with van der Waals surface area (Å²) in [5, 5.41) is 8.82. The van der Waals surface area contributed by atoms with Crippen LogP contribution in [0.25, 0.3) is 0 Å². The molecule has 0 aliphatic heterocycles. The van der Waals surface area contributed by atoms with Gasteiger partial charge >= 0.3 is 12.1 Å². The van der Waals surface area contributed by atoms with E-state index in [0.717, 1.165) is 0 Å². The summed E-state index contributed by atoms with van der Waals surface area (Å²) in [6, 6.07) is 6.83. The zero-order chi connectivity index (χ0) is 16.0. The molecule has 0 heterocycles. The molecule has 0 spiro atoms. The highest BCUT2D eigenvalue weighted by Crippen LogP contribution is 2.23. The Hall–Kier alpha value is -2.24. The fourth-order valence-electron chi connectivity index (χ4n) is 1.63. The lowest BCUT2D eigenvalue weighted by atomic mass is 10.2. The molecule has 0 radical (unpaired) electrons. The maximum atomic E-state index is 12.2. The minimum Gasteiger partial charge on any atom is -0.497 e. The number of amides is 1. The van der Waals surface area contributed by atoms with Crippen molar-refractivity contribution in [2.75, 3.05) is 18.6 Å². The van der Waals surface area contributed by atoms with Gasteiger partial charge in [0, 0.05) is 12.6 Å². The second-order valence-electron chi connectivity index (χ2n) is 5.48. The van der Waals surface area contributed by atoms with Crippen molar-refractivity contribution in [1.29, 1.82) is 0 Å². The van der Waals surface area contributed by atoms with E-state index in [1.54, 1.807) is 45.0 Å². The largest absolute Gasteiger partial charge is 0.497 e. The van der Waals surface area contributed by atoms with Crippen LogP contribution in [-0.2, 0) is 9.53 Å². The first-order chi connectivity index (χ1) is 9.73. The number of rotatable bonds is 5. The number of methoxy groups -OCH3 is 1. The Morgan fingerprint density at radius 1 is 1.29 bits per heavy atom. The first-order valence-electron chi connectivity index (χ1n) is 6.59. The molecule has 6 nitrogen and oxygen atoms in total. The Bertz CT molecular complexity index is 507. The van der Waals surface area contributed by atoms with E-state index in [-0.39, 0.29) is 13.0 Å². The van der Waals surface area contributed by atoms with E-state index in [0.29, 0.717) is 11.4 Å². The first-order valence-corrected chi connectivity index (χ1v) is 6.59. The predicted octanol–water partition coefficient (Wildman–Crippen LogP) is 2.91. The highest BCUT2D eigenvalue weighted by atomic mass is 16.6. The van der Waals surface area contributed by atoms with Crippen molar-refractivity contribution in [2.45, 2.75) is 32.8 Å². The van der Waals surface area contributed by atoms with Crippen LogP contribution in [-0.4, -0.2) is 36.4 Å². The average Bonchev–Trinajstić information content (AvgIpc) is 2.36. The minimum absolute atomic E-state index is 0.0252. The number of carbonyl (C=O) groups is 2. The summed E-state index contributed by atoms with van der Waals surface area (Å²) in [5.41, 5.74) is -0.123. The number of carboxylic acid groups (broad SMARTS) is 1. The quantitative estimate of drug-likeness (QED) is 0.903. The number of hydrogen-bond acceptors (Lipinski definition) is 4. The van der Waals surface area contributed by atoms with Crippen LogP contribution >= 0.6 is 0 Å². The summed E-state index contributed by atoms with van der Waals surface area (Å²) >= 11 is 0. The molecule has 0 aliphatic rings. The zero-order valence-corrected chi connectivity index (χ0v) is 12.8.